The largest absolute Gasteiger partial charge is 0.377 e. The van der Waals surface area contributed by atoms with E-state index in [0.29, 0.717) is 23.7 Å². The van der Waals surface area contributed by atoms with Crippen LogP contribution in [0.1, 0.15) is 56.1 Å². The molecule has 0 radical (unpaired) electrons. The van der Waals surface area contributed by atoms with E-state index in [9.17, 15) is 9.59 Å². The van der Waals surface area contributed by atoms with Crippen molar-refractivity contribution in [3.63, 3.8) is 0 Å². The topological polar surface area (TPSA) is 64.7 Å². The molecule has 2 aromatic carbocycles. The Morgan fingerprint density at radius 3 is 2.22 bits per heavy atom. The van der Waals surface area contributed by atoms with Gasteiger partial charge in [0.25, 0.3) is 5.91 Å². The van der Waals surface area contributed by atoms with Gasteiger partial charge in [0.15, 0.2) is 0 Å². The van der Waals surface area contributed by atoms with Crippen molar-refractivity contribution in [3.8, 4) is 0 Å². The number of aryl methyl sites for hydroxylation is 1. The van der Waals surface area contributed by atoms with Gasteiger partial charge in [-0.2, -0.15) is 0 Å². The fourth-order valence-corrected chi connectivity index (χ4v) is 3.54. The molecule has 0 aliphatic carbocycles. The number of anilines is 2. The third kappa shape index (κ3) is 6.74. The molecule has 32 heavy (non-hydrogen) atoms. The Hall–Kier alpha value is -3.02. The van der Waals surface area contributed by atoms with Crippen molar-refractivity contribution in [2.24, 2.45) is 5.92 Å². The highest BCUT2D eigenvalue weighted by Crippen LogP contribution is 2.27. The first-order valence-corrected chi connectivity index (χ1v) is 11.2. The highest BCUT2D eigenvalue weighted by Gasteiger charge is 2.25. The van der Waals surface area contributed by atoms with Crippen molar-refractivity contribution in [1.82, 2.24) is 10.2 Å². The molecule has 0 aliphatic heterocycles. The third-order valence-electron chi connectivity index (χ3n) is 5.56. The number of benzene rings is 2. The van der Waals surface area contributed by atoms with E-state index in [1.807, 2.05) is 87.1 Å². The Morgan fingerprint density at radius 1 is 0.969 bits per heavy atom. The number of urea groups is 1. The highest BCUT2D eigenvalue weighted by atomic mass is 16.2. The number of carbonyl (C=O) groups is 2. The maximum absolute atomic E-state index is 13.5. The number of hydrogen-bond donors (Lipinski definition) is 2. The van der Waals surface area contributed by atoms with Crippen LogP contribution in [0, 0.1) is 12.8 Å². The SMILES string of the molecule is Cc1cccc(C(=O)N(Cc2cc(NC(=O)NC(C)C)ccc2N(C)C)[C@H](C)C(C)C)c1. The van der Waals surface area contributed by atoms with Gasteiger partial charge in [-0.05, 0) is 69.5 Å². The third-order valence-corrected chi connectivity index (χ3v) is 5.56. The van der Waals surface area contributed by atoms with E-state index >= 15 is 0 Å². The monoisotopic (exact) mass is 438 g/mol. The summed E-state index contributed by atoms with van der Waals surface area (Å²) in [5, 5.41) is 5.74. The Morgan fingerprint density at radius 2 is 1.66 bits per heavy atom. The van der Waals surface area contributed by atoms with Gasteiger partial charge < -0.3 is 20.4 Å². The quantitative estimate of drug-likeness (QED) is 0.589. The number of rotatable bonds is 8. The van der Waals surface area contributed by atoms with Crippen LogP contribution < -0.4 is 15.5 Å². The summed E-state index contributed by atoms with van der Waals surface area (Å²) >= 11 is 0. The number of carbonyl (C=O) groups excluding carboxylic acids is 2. The fraction of sp³-hybridized carbons (Fsp3) is 0.462. The summed E-state index contributed by atoms with van der Waals surface area (Å²) in [6.07, 6.45) is 0. The molecule has 0 heterocycles. The van der Waals surface area contributed by atoms with Crippen molar-refractivity contribution in [2.45, 2.75) is 60.2 Å². The van der Waals surface area contributed by atoms with Gasteiger partial charge in [0.1, 0.15) is 0 Å². The molecule has 3 amide bonds. The Balaban J connectivity index is 2.42. The van der Waals surface area contributed by atoms with E-state index < -0.39 is 0 Å². The molecule has 0 saturated heterocycles. The van der Waals surface area contributed by atoms with Gasteiger partial charge in [-0.15, -0.1) is 0 Å². The second kappa shape index (κ2) is 11.0. The maximum atomic E-state index is 13.5. The normalized spacial score (nSPS) is 11.9. The molecule has 0 bridgehead atoms. The Bertz CT molecular complexity index is 937. The summed E-state index contributed by atoms with van der Waals surface area (Å²) in [6.45, 7) is 12.6. The summed E-state index contributed by atoms with van der Waals surface area (Å²) in [5.41, 5.74) is 4.44. The molecule has 0 spiro atoms. The Kier molecular flexibility index (Phi) is 8.70. The Labute approximate surface area is 193 Å². The van der Waals surface area contributed by atoms with Crippen LogP contribution in [0.2, 0.25) is 0 Å². The molecule has 6 nitrogen and oxygen atoms in total. The first-order valence-electron chi connectivity index (χ1n) is 11.2. The van der Waals surface area contributed by atoms with E-state index in [1.54, 1.807) is 0 Å². The van der Waals surface area contributed by atoms with Crippen LogP contribution in [0.3, 0.4) is 0 Å². The molecule has 1 atom stereocenters. The van der Waals surface area contributed by atoms with E-state index in [2.05, 4.69) is 31.4 Å². The molecule has 0 aliphatic rings. The van der Waals surface area contributed by atoms with Crippen LogP contribution in [0.4, 0.5) is 16.2 Å². The van der Waals surface area contributed by atoms with E-state index in [4.69, 9.17) is 0 Å². The minimum atomic E-state index is -0.244. The van der Waals surface area contributed by atoms with Crippen LogP contribution in [-0.2, 0) is 6.54 Å². The van der Waals surface area contributed by atoms with Gasteiger partial charge in [-0.3, -0.25) is 4.79 Å². The van der Waals surface area contributed by atoms with E-state index in [1.165, 1.54) is 0 Å². The number of nitrogens with one attached hydrogen (secondary N) is 2. The molecule has 2 rings (SSSR count). The smallest absolute Gasteiger partial charge is 0.319 e. The lowest BCUT2D eigenvalue weighted by Gasteiger charge is -2.33. The lowest BCUT2D eigenvalue weighted by Crippen LogP contribution is -2.41. The van der Waals surface area contributed by atoms with Crippen molar-refractivity contribution in [1.29, 1.82) is 0 Å². The molecule has 0 unspecified atom stereocenters. The van der Waals surface area contributed by atoms with Crippen LogP contribution in [0.15, 0.2) is 42.5 Å². The van der Waals surface area contributed by atoms with Crippen molar-refractivity contribution in [2.75, 3.05) is 24.3 Å². The van der Waals surface area contributed by atoms with Gasteiger partial charge >= 0.3 is 6.03 Å². The molecule has 0 saturated carbocycles. The van der Waals surface area contributed by atoms with Gasteiger partial charge in [0.05, 0.1) is 0 Å². The molecule has 0 aromatic heterocycles. The van der Waals surface area contributed by atoms with Crippen molar-refractivity contribution < 1.29 is 9.59 Å². The summed E-state index contributed by atoms with van der Waals surface area (Å²) in [7, 11) is 3.96. The van der Waals surface area contributed by atoms with Crippen molar-refractivity contribution >= 4 is 23.3 Å². The molecule has 2 N–H and O–H groups in total. The zero-order valence-corrected chi connectivity index (χ0v) is 20.7. The zero-order valence-electron chi connectivity index (χ0n) is 20.7. The second-order valence-corrected chi connectivity index (χ2v) is 9.28. The minimum Gasteiger partial charge on any atom is -0.377 e. The van der Waals surface area contributed by atoms with Crippen molar-refractivity contribution in [3.05, 3.63) is 59.2 Å². The van der Waals surface area contributed by atoms with Gasteiger partial charge in [-0.1, -0.05) is 31.5 Å². The second-order valence-electron chi connectivity index (χ2n) is 9.28. The minimum absolute atomic E-state index is 0.00974. The van der Waals surface area contributed by atoms with Crippen LogP contribution >= 0.6 is 0 Å². The average molecular weight is 439 g/mol. The summed E-state index contributed by atoms with van der Waals surface area (Å²) in [5.74, 6) is 0.306. The molecule has 6 heteroatoms. The summed E-state index contributed by atoms with van der Waals surface area (Å²) < 4.78 is 0. The van der Waals surface area contributed by atoms with Crippen LogP contribution in [0.5, 0.6) is 0 Å². The lowest BCUT2D eigenvalue weighted by atomic mass is 10.0. The first kappa shape index (κ1) is 25.2. The first-order chi connectivity index (χ1) is 15.0. The molecule has 2 aromatic rings. The number of amides is 3. The molecular weight excluding hydrogens is 400 g/mol. The predicted octanol–water partition coefficient (Wildman–Crippen LogP) is 5.28. The fourth-order valence-electron chi connectivity index (χ4n) is 3.54. The van der Waals surface area contributed by atoms with Gasteiger partial charge in [0.2, 0.25) is 0 Å². The standard InChI is InChI=1S/C26H38N4O2/c1-17(2)20(6)30(25(31)21-11-9-10-19(5)14-21)16-22-15-23(12-13-24(22)29(7)8)28-26(32)27-18(3)4/h9-15,17-18,20H,16H2,1-8H3,(H2,27,28,32)/t20-/m1/s1. The summed E-state index contributed by atoms with van der Waals surface area (Å²) in [6, 6.07) is 13.4. The number of nitrogens with zero attached hydrogens (tertiary/aromatic N) is 2. The van der Waals surface area contributed by atoms with E-state index in [0.717, 1.165) is 16.8 Å². The molecule has 0 fully saturated rings. The average Bonchev–Trinajstić information content (AvgIpc) is 2.70. The highest BCUT2D eigenvalue weighted by molar-refractivity contribution is 5.95. The van der Waals surface area contributed by atoms with Crippen LogP contribution in [-0.4, -0.2) is 43.0 Å². The van der Waals surface area contributed by atoms with E-state index in [-0.39, 0.29) is 24.0 Å². The predicted molar refractivity (Wildman–Crippen MR) is 133 cm³/mol. The molecular formula is C26H38N4O2. The zero-order chi connectivity index (χ0) is 24.0. The van der Waals surface area contributed by atoms with Crippen LogP contribution in [0.25, 0.3) is 0 Å². The lowest BCUT2D eigenvalue weighted by molar-refractivity contribution is 0.0628. The maximum Gasteiger partial charge on any atom is 0.319 e. The molecule has 174 valence electrons. The van der Waals surface area contributed by atoms with Gasteiger partial charge in [-0.25, -0.2) is 4.79 Å². The number of hydrogen-bond acceptors (Lipinski definition) is 3. The summed E-state index contributed by atoms with van der Waals surface area (Å²) in [4.78, 5) is 29.7. The van der Waals surface area contributed by atoms with Gasteiger partial charge in [0, 0.05) is 49.7 Å².